The maximum absolute atomic E-state index is 12.2. The fourth-order valence-corrected chi connectivity index (χ4v) is 2.54. The number of esters is 1. The van der Waals surface area contributed by atoms with Crippen molar-refractivity contribution >= 4 is 39.3 Å². The number of ketones is 1. The summed E-state index contributed by atoms with van der Waals surface area (Å²) in [5, 5.41) is 0.594. The van der Waals surface area contributed by atoms with Crippen LogP contribution in [0.3, 0.4) is 0 Å². The van der Waals surface area contributed by atoms with Crippen molar-refractivity contribution in [1.29, 1.82) is 0 Å². The van der Waals surface area contributed by atoms with Crippen LogP contribution in [-0.4, -0.2) is 24.5 Å². The highest BCUT2D eigenvalue weighted by atomic mass is 79.9. The summed E-state index contributed by atoms with van der Waals surface area (Å²) in [4.78, 5) is 24.1. The molecule has 0 N–H and O–H groups in total. The summed E-state index contributed by atoms with van der Waals surface area (Å²) in [5.74, 6) is -0.330. The summed E-state index contributed by atoms with van der Waals surface area (Å²) < 4.78 is 11.4. The third-order valence-electron chi connectivity index (χ3n) is 3.29. The second-order valence-electron chi connectivity index (χ2n) is 5.20. The van der Waals surface area contributed by atoms with Crippen molar-refractivity contribution in [1.82, 2.24) is 0 Å². The second-order valence-corrected chi connectivity index (χ2v) is 6.55. The Hall–Kier alpha value is -1.85. The van der Waals surface area contributed by atoms with E-state index in [1.807, 2.05) is 6.92 Å². The lowest BCUT2D eigenvalue weighted by molar-refractivity contribution is -0.148. The highest BCUT2D eigenvalue weighted by Crippen LogP contribution is 2.21. The lowest BCUT2D eigenvalue weighted by atomic mass is 10.1. The first-order valence-corrected chi connectivity index (χ1v) is 8.42. The first-order chi connectivity index (χ1) is 11.4. The summed E-state index contributed by atoms with van der Waals surface area (Å²) >= 11 is 9.17. The van der Waals surface area contributed by atoms with Gasteiger partial charge in [0.15, 0.2) is 12.7 Å². The maximum Gasteiger partial charge on any atom is 0.344 e. The number of carbonyl (C=O) groups excluding carboxylic acids is 2. The molecule has 2 aromatic carbocycles. The molecule has 0 heterocycles. The Bertz CT molecular complexity index is 743. The smallest absolute Gasteiger partial charge is 0.344 e. The van der Waals surface area contributed by atoms with Crippen molar-refractivity contribution < 1.29 is 19.1 Å². The van der Waals surface area contributed by atoms with Gasteiger partial charge in [-0.25, -0.2) is 4.79 Å². The Labute approximate surface area is 153 Å². The standard InChI is InChI=1S/C18H16BrClO4/c1-11-9-15(20)7-8-16(11)23-10-17(21)24-12(2)18(22)13-3-5-14(19)6-4-13/h3-9,12H,10H2,1-2H3/t12-/m1/s1. The highest BCUT2D eigenvalue weighted by molar-refractivity contribution is 9.10. The van der Waals surface area contributed by atoms with E-state index in [1.165, 1.54) is 6.92 Å². The van der Waals surface area contributed by atoms with Crippen molar-refractivity contribution in [3.63, 3.8) is 0 Å². The minimum Gasteiger partial charge on any atom is -0.482 e. The first-order valence-electron chi connectivity index (χ1n) is 7.25. The fraction of sp³-hybridized carbons (Fsp3) is 0.222. The molecule has 24 heavy (non-hydrogen) atoms. The highest BCUT2D eigenvalue weighted by Gasteiger charge is 2.19. The molecule has 0 aliphatic carbocycles. The van der Waals surface area contributed by atoms with Gasteiger partial charge in [-0.05, 0) is 49.7 Å². The average Bonchev–Trinajstić information content (AvgIpc) is 2.54. The van der Waals surface area contributed by atoms with Crippen molar-refractivity contribution in [2.24, 2.45) is 0 Å². The Morgan fingerprint density at radius 1 is 1.17 bits per heavy atom. The third-order valence-corrected chi connectivity index (χ3v) is 4.05. The molecule has 0 spiro atoms. The molecular formula is C18H16BrClO4. The largest absolute Gasteiger partial charge is 0.482 e. The van der Waals surface area contributed by atoms with Crippen molar-refractivity contribution in [3.8, 4) is 5.75 Å². The van der Waals surface area contributed by atoms with Crippen LogP contribution in [0.15, 0.2) is 46.9 Å². The number of rotatable bonds is 6. The van der Waals surface area contributed by atoms with E-state index in [9.17, 15) is 9.59 Å². The molecule has 0 unspecified atom stereocenters. The van der Waals surface area contributed by atoms with Crippen molar-refractivity contribution in [3.05, 3.63) is 63.1 Å². The van der Waals surface area contributed by atoms with Crippen LogP contribution in [0.5, 0.6) is 5.75 Å². The Morgan fingerprint density at radius 3 is 2.46 bits per heavy atom. The van der Waals surface area contributed by atoms with Crippen LogP contribution in [0.25, 0.3) is 0 Å². The first kappa shape index (κ1) is 18.5. The van der Waals surface area contributed by atoms with Crippen LogP contribution in [0, 0.1) is 6.92 Å². The van der Waals surface area contributed by atoms with Crippen LogP contribution in [0.4, 0.5) is 0 Å². The van der Waals surface area contributed by atoms with Crippen LogP contribution in [0.2, 0.25) is 5.02 Å². The Morgan fingerprint density at radius 2 is 1.83 bits per heavy atom. The molecular weight excluding hydrogens is 396 g/mol. The Kier molecular flexibility index (Phi) is 6.40. The van der Waals surface area contributed by atoms with Gasteiger partial charge in [0, 0.05) is 15.1 Å². The fourth-order valence-electron chi connectivity index (χ4n) is 2.05. The molecule has 0 aliphatic heterocycles. The van der Waals surface area contributed by atoms with E-state index in [0.717, 1.165) is 10.0 Å². The zero-order valence-corrected chi connectivity index (χ0v) is 15.6. The van der Waals surface area contributed by atoms with Gasteiger partial charge in [-0.2, -0.15) is 0 Å². The van der Waals surface area contributed by atoms with Gasteiger partial charge in [0.05, 0.1) is 0 Å². The molecule has 6 heteroatoms. The molecule has 0 bridgehead atoms. The molecule has 4 nitrogen and oxygen atoms in total. The number of ether oxygens (including phenoxy) is 2. The van der Waals surface area contributed by atoms with Gasteiger partial charge in [0.2, 0.25) is 5.78 Å². The third kappa shape index (κ3) is 5.08. The topological polar surface area (TPSA) is 52.6 Å². The average molecular weight is 412 g/mol. The number of hydrogen-bond donors (Lipinski definition) is 0. The number of hydrogen-bond acceptors (Lipinski definition) is 4. The lowest BCUT2D eigenvalue weighted by Gasteiger charge is -2.13. The SMILES string of the molecule is Cc1cc(Cl)ccc1OCC(=O)O[C@H](C)C(=O)c1ccc(Br)cc1. The maximum atomic E-state index is 12.2. The number of Topliss-reactive ketones (excluding diaryl/α,β-unsaturated/α-hetero) is 1. The zero-order chi connectivity index (χ0) is 17.7. The summed E-state index contributed by atoms with van der Waals surface area (Å²) in [6.45, 7) is 3.09. The summed E-state index contributed by atoms with van der Waals surface area (Å²) in [6.07, 6.45) is -0.881. The predicted molar refractivity (Wildman–Crippen MR) is 95.7 cm³/mol. The van der Waals surface area contributed by atoms with E-state index in [1.54, 1.807) is 42.5 Å². The number of aryl methyl sites for hydroxylation is 1. The molecule has 0 saturated carbocycles. The summed E-state index contributed by atoms with van der Waals surface area (Å²) in [7, 11) is 0. The monoisotopic (exact) mass is 410 g/mol. The van der Waals surface area contributed by atoms with Gasteiger partial charge in [0.25, 0.3) is 0 Å². The van der Waals surface area contributed by atoms with Crippen molar-refractivity contribution in [2.75, 3.05) is 6.61 Å². The normalized spacial score (nSPS) is 11.7. The minimum absolute atomic E-state index is 0.265. The van der Waals surface area contributed by atoms with E-state index >= 15 is 0 Å². The van der Waals surface area contributed by atoms with E-state index in [0.29, 0.717) is 16.3 Å². The molecule has 0 aliphatic rings. The van der Waals surface area contributed by atoms with E-state index in [-0.39, 0.29) is 12.4 Å². The van der Waals surface area contributed by atoms with E-state index in [4.69, 9.17) is 21.1 Å². The lowest BCUT2D eigenvalue weighted by Crippen LogP contribution is -2.27. The van der Waals surface area contributed by atoms with Gasteiger partial charge in [0.1, 0.15) is 5.75 Å². The molecule has 2 aromatic rings. The van der Waals surface area contributed by atoms with Crippen LogP contribution in [-0.2, 0) is 9.53 Å². The quantitative estimate of drug-likeness (QED) is 0.515. The van der Waals surface area contributed by atoms with Gasteiger partial charge >= 0.3 is 5.97 Å². The molecule has 1 atom stereocenters. The van der Waals surface area contributed by atoms with Crippen LogP contribution >= 0.6 is 27.5 Å². The van der Waals surface area contributed by atoms with E-state index in [2.05, 4.69) is 15.9 Å². The molecule has 2 rings (SSSR count). The summed E-state index contributed by atoms with van der Waals surface area (Å²) in [6, 6.07) is 12.0. The second kappa shape index (κ2) is 8.31. The molecule has 0 saturated heterocycles. The molecule has 0 aromatic heterocycles. The van der Waals surface area contributed by atoms with Crippen LogP contribution < -0.4 is 4.74 Å². The van der Waals surface area contributed by atoms with Gasteiger partial charge in [-0.1, -0.05) is 39.7 Å². The molecule has 0 fully saturated rings. The van der Waals surface area contributed by atoms with Gasteiger partial charge in [-0.15, -0.1) is 0 Å². The minimum atomic E-state index is -0.881. The Balaban J connectivity index is 1.89. The van der Waals surface area contributed by atoms with Gasteiger partial charge < -0.3 is 9.47 Å². The number of carbonyl (C=O) groups is 2. The van der Waals surface area contributed by atoms with Gasteiger partial charge in [-0.3, -0.25) is 4.79 Å². The molecule has 0 radical (unpaired) electrons. The van der Waals surface area contributed by atoms with Crippen molar-refractivity contribution in [2.45, 2.75) is 20.0 Å². The molecule has 126 valence electrons. The summed E-state index contributed by atoms with van der Waals surface area (Å²) in [5.41, 5.74) is 1.29. The predicted octanol–water partition coefficient (Wildman–Crippen LogP) is 4.60. The number of benzene rings is 2. The number of halogens is 2. The zero-order valence-electron chi connectivity index (χ0n) is 13.2. The van der Waals surface area contributed by atoms with Crippen LogP contribution in [0.1, 0.15) is 22.8 Å². The molecule has 0 amide bonds. The van der Waals surface area contributed by atoms with E-state index < -0.39 is 12.1 Å².